The summed E-state index contributed by atoms with van der Waals surface area (Å²) in [4.78, 5) is 38.2. The quantitative estimate of drug-likeness (QED) is 0.288. The Morgan fingerprint density at radius 1 is 1.14 bits per heavy atom. The summed E-state index contributed by atoms with van der Waals surface area (Å²) in [6, 6.07) is 13.8. The fourth-order valence-electron chi connectivity index (χ4n) is 4.32. The second kappa shape index (κ2) is 10.5. The highest BCUT2D eigenvalue weighted by Crippen LogP contribution is 2.21. The fraction of sp³-hybridized carbons (Fsp3) is 0.222. The first-order valence-corrected chi connectivity index (χ1v) is 12.0. The lowest BCUT2D eigenvalue weighted by atomic mass is 10.1. The Morgan fingerprint density at radius 2 is 1.97 bits per heavy atom. The van der Waals surface area contributed by atoms with Gasteiger partial charge in [-0.1, -0.05) is 30.3 Å². The molecule has 0 saturated heterocycles. The molecule has 4 heterocycles. The normalized spacial score (nSPS) is 11.1. The van der Waals surface area contributed by atoms with Gasteiger partial charge in [0.2, 0.25) is 5.91 Å². The third kappa shape index (κ3) is 5.43. The van der Waals surface area contributed by atoms with Gasteiger partial charge in [0.1, 0.15) is 6.54 Å². The highest BCUT2D eigenvalue weighted by molar-refractivity contribution is 5.80. The number of amides is 1. The number of fused-ring (bicyclic) bond motifs is 1. The molecule has 4 aromatic heterocycles. The average Bonchev–Trinajstić information content (AvgIpc) is 3.47. The van der Waals surface area contributed by atoms with Gasteiger partial charge in [-0.3, -0.25) is 23.8 Å². The minimum Gasteiger partial charge on any atom is -0.365 e. The summed E-state index contributed by atoms with van der Waals surface area (Å²) in [7, 11) is 1.81. The second-order valence-electron chi connectivity index (χ2n) is 8.88. The first-order valence-electron chi connectivity index (χ1n) is 12.0. The van der Waals surface area contributed by atoms with Crippen LogP contribution >= 0.6 is 0 Å². The number of aryl methyl sites for hydroxylation is 2. The molecule has 0 fully saturated rings. The van der Waals surface area contributed by atoms with Crippen LogP contribution in [0.25, 0.3) is 22.2 Å². The van der Waals surface area contributed by atoms with E-state index in [1.165, 1.54) is 4.57 Å². The number of nitrogens with one attached hydrogen (secondary N) is 3. The van der Waals surface area contributed by atoms with Crippen molar-refractivity contribution in [2.45, 2.75) is 26.4 Å². The molecule has 5 rings (SSSR count). The van der Waals surface area contributed by atoms with Crippen molar-refractivity contribution in [2.24, 2.45) is 7.05 Å². The molecule has 0 saturated carbocycles. The number of carbonyl (C=O) groups is 1. The maximum Gasteiger partial charge on any atom is 0.294 e. The molecule has 5 aromatic rings. The number of nitrogens with zero attached hydrogens (tertiary/aromatic N) is 5. The number of pyridine rings is 1. The molecule has 3 N–H and O–H groups in total. The molecule has 0 unspecified atom stereocenters. The molecule has 0 atom stereocenters. The van der Waals surface area contributed by atoms with Gasteiger partial charge >= 0.3 is 0 Å². The number of carbonyl (C=O) groups excluding carboxylic acids is 1. The van der Waals surface area contributed by atoms with Gasteiger partial charge in [0.15, 0.2) is 5.82 Å². The zero-order valence-corrected chi connectivity index (χ0v) is 20.7. The van der Waals surface area contributed by atoms with E-state index >= 15 is 0 Å². The van der Waals surface area contributed by atoms with Crippen molar-refractivity contribution in [1.29, 1.82) is 0 Å². The number of rotatable bonds is 9. The predicted molar refractivity (Wildman–Crippen MR) is 142 cm³/mol. The molecule has 0 radical (unpaired) electrons. The molecule has 1 aromatic carbocycles. The van der Waals surface area contributed by atoms with Gasteiger partial charge in [0, 0.05) is 54.3 Å². The summed E-state index contributed by atoms with van der Waals surface area (Å²) in [5, 5.41) is 11.4. The van der Waals surface area contributed by atoms with E-state index in [-0.39, 0.29) is 23.8 Å². The van der Waals surface area contributed by atoms with Gasteiger partial charge in [-0.05, 0) is 31.0 Å². The van der Waals surface area contributed by atoms with E-state index in [2.05, 4.69) is 30.7 Å². The lowest BCUT2D eigenvalue weighted by molar-refractivity contribution is -0.121. The van der Waals surface area contributed by atoms with Crippen molar-refractivity contribution in [3.05, 3.63) is 94.6 Å². The molecule has 0 spiro atoms. The van der Waals surface area contributed by atoms with Crippen molar-refractivity contribution in [1.82, 2.24) is 34.6 Å². The Labute approximate surface area is 213 Å². The first-order chi connectivity index (χ1) is 18.0. The highest BCUT2D eigenvalue weighted by Gasteiger charge is 2.18. The summed E-state index contributed by atoms with van der Waals surface area (Å²) in [5.41, 5.74) is 4.63. The molecule has 0 bridgehead atoms. The van der Waals surface area contributed by atoms with Crippen molar-refractivity contribution >= 4 is 22.6 Å². The number of hydrogen-bond acceptors (Lipinski definition) is 6. The zero-order valence-electron chi connectivity index (χ0n) is 20.7. The van der Waals surface area contributed by atoms with Crippen LogP contribution in [-0.2, 0) is 31.4 Å². The number of aromatic nitrogens is 6. The van der Waals surface area contributed by atoms with Gasteiger partial charge in [-0.2, -0.15) is 5.10 Å². The van der Waals surface area contributed by atoms with E-state index in [1.807, 2.05) is 62.6 Å². The van der Waals surface area contributed by atoms with Gasteiger partial charge in [-0.15, -0.1) is 0 Å². The summed E-state index contributed by atoms with van der Waals surface area (Å²) >= 11 is 0. The molecular weight excluding hydrogens is 468 g/mol. The van der Waals surface area contributed by atoms with Gasteiger partial charge in [0.25, 0.3) is 5.56 Å². The maximum atomic E-state index is 13.5. The van der Waals surface area contributed by atoms with Crippen molar-refractivity contribution in [3.8, 4) is 11.3 Å². The maximum absolute atomic E-state index is 13.5. The standard InChI is InChI=1S/C27H28N8O2/c1-18-22(16-34(2)33-18)24-15-31-26(29-11-8-19-6-4-3-5-7-19)27(37)35(24)17-25(36)30-14-21-12-20-13-28-10-9-23(20)32-21/h3-7,9-10,12-13,15-16,32H,8,11,14,17H2,1-2H3,(H,29,31)(H,30,36). The SMILES string of the molecule is Cc1nn(C)cc1-c1cnc(NCCc2ccccc2)c(=O)n1CC(=O)NCc1cc2cnccc2[nH]1. The molecular formula is C27H28N8O2. The van der Waals surface area contributed by atoms with E-state index in [0.29, 0.717) is 18.8 Å². The Bertz CT molecular complexity index is 1570. The number of hydrogen-bond donors (Lipinski definition) is 3. The van der Waals surface area contributed by atoms with Crippen LogP contribution in [-0.4, -0.2) is 41.8 Å². The van der Waals surface area contributed by atoms with Crippen LogP contribution in [0, 0.1) is 6.92 Å². The van der Waals surface area contributed by atoms with Gasteiger partial charge in [0.05, 0.1) is 24.1 Å². The fourth-order valence-corrected chi connectivity index (χ4v) is 4.32. The van der Waals surface area contributed by atoms with E-state index < -0.39 is 0 Å². The number of aromatic amines is 1. The second-order valence-corrected chi connectivity index (χ2v) is 8.88. The molecule has 0 aliphatic heterocycles. The largest absolute Gasteiger partial charge is 0.365 e. The molecule has 0 aliphatic carbocycles. The summed E-state index contributed by atoms with van der Waals surface area (Å²) in [6.45, 7) is 2.55. The lowest BCUT2D eigenvalue weighted by Crippen LogP contribution is -2.34. The monoisotopic (exact) mass is 496 g/mol. The molecule has 10 nitrogen and oxygen atoms in total. The van der Waals surface area contributed by atoms with E-state index in [4.69, 9.17) is 0 Å². The van der Waals surface area contributed by atoms with Crippen LogP contribution in [0.3, 0.4) is 0 Å². The number of H-pyrrole nitrogens is 1. The smallest absolute Gasteiger partial charge is 0.294 e. The van der Waals surface area contributed by atoms with Crippen LogP contribution in [0.2, 0.25) is 0 Å². The Morgan fingerprint density at radius 3 is 2.73 bits per heavy atom. The van der Waals surface area contributed by atoms with Crippen molar-refractivity contribution in [2.75, 3.05) is 11.9 Å². The van der Waals surface area contributed by atoms with Crippen LogP contribution in [0.15, 0.2) is 72.0 Å². The summed E-state index contributed by atoms with van der Waals surface area (Å²) in [5.74, 6) is -0.0831. The van der Waals surface area contributed by atoms with Crippen LogP contribution in [0.1, 0.15) is 17.0 Å². The number of anilines is 1. The molecule has 0 aliphatic rings. The van der Waals surface area contributed by atoms with Crippen LogP contribution in [0.4, 0.5) is 5.82 Å². The molecule has 1 amide bonds. The Balaban J connectivity index is 1.36. The third-order valence-corrected chi connectivity index (χ3v) is 6.15. The first kappa shape index (κ1) is 24.0. The predicted octanol–water partition coefficient (Wildman–Crippen LogP) is 2.80. The molecule has 37 heavy (non-hydrogen) atoms. The molecule has 188 valence electrons. The minimum atomic E-state index is -0.361. The Kier molecular flexibility index (Phi) is 6.80. The minimum absolute atomic E-state index is 0.153. The van der Waals surface area contributed by atoms with E-state index in [9.17, 15) is 9.59 Å². The summed E-state index contributed by atoms with van der Waals surface area (Å²) < 4.78 is 3.13. The van der Waals surface area contributed by atoms with Gasteiger partial charge < -0.3 is 15.6 Å². The Hall–Kier alpha value is -4.73. The third-order valence-electron chi connectivity index (χ3n) is 6.15. The molecule has 10 heteroatoms. The summed E-state index contributed by atoms with van der Waals surface area (Å²) in [6.07, 6.45) is 7.66. The topological polar surface area (TPSA) is 123 Å². The average molecular weight is 497 g/mol. The van der Waals surface area contributed by atoms with Crippen LogP contribution < -0.4 is 16.2 Å². The highest BCUT2D eigenvalue weighted by atomic mass is 16.2. The van der Waals surface area contributed by atoms with Gasteiger partial charge in [-0.25, -0.2) is 4.98 Å². The van der Waals surface area contributed by atoms with E-state index in [0.717, 1.165) is 39.8 Å². The van der Waals surface area contributed by atoms with Crippen molar-refractivity contribution in [3.63, 3.8) is 0 Å². The lowest BCUT2D eigenvalue weighted by Gasteiger charge is -2.14. The number of benzene rings is 1. The zero-order chi connectivity index (χ0) is 25.8. The van der Waals surface area contributed by atoms with Crippen LogP contribution in [0.5, 0.6) is 0 Å². The van der Waals surface area contributed by atoms with E-state index in [1.54, 1.807) is 23.3 Å². The van der Waals surface area contributed by atoms with Crippen molar-refractivity contribution < 1.29 is 4.79 Å².